The first-order valence-corrected chi connectivity index (χ1v) is 16.9. The topological polar surface area (TPSA) is 135 Å². The Morgan fingerprint density at radius 1 is 0.963 bits per heavy atom. The summed E-state index contributed by atoms with van der Waals surface area (Å²) in [6, 6.07) is 24.0. The van der Waals surface area contributed by atoms with Gasteiger partial charge in [-0.25, -0.2) is 0 Å². The van der Waals surface area contributed by atoms with Crippen LogP contribution in [-0.4, -0.2) is 51.6 Å². The van der Waals surface area contributed by atoms with E-state index in [1.807, 2.05) is 12.1 Å². The number of ether oxygens (including phenoxy) is 1. The van der Waals surface area contributed by atoms with Gasteiger partial charge in [-0.2, -0.15) is 18.2 Å². The van der Waals surface area contributed by atoms with Gasteiger partial charge >= 0.3 is 12.1 Å². The van der Waals surface area contributed by atoms with Crippen molar-refractivity contribution in [2.45, 2.75) is 38.4 Å². The van der Waals surface area contributed by atoms with Gasteiger partial charge in [0, 0.05) is 34.8 Å². The lowest BCUT2D eigenvalue weighted by Gasteiger charge is -2.21. The van der Waals surface area contributed by atoms with Gasteiger partial charge in [-0.15, -0.1) is 0 Å². The number of allylic oxidation sites excluding steroid dienone is 4. The first kappa shape index (κ1) is 37.3. The van der Waals surface area contributed by atoms with Gasteiger partial charge in [-0.05, 0) is 78.6 Å². The number of aliphatic carboxylic acids is 1. The van der Waals surface area contributed by atoms with Gasteiger partial charge in [0.25, 0.3) is 11.8 Å². The van der Waals surface area contributed by atoms with Crippen LogP contribution in [-0.2, 0) is 28.7 Å². The van der Waals surface area contributed by atoms with Crippen LogP contribution in [0.15, 0.2) is 119 Å². The quantitative estimate of drug-likeness (QED) is 0.131. The number of hydrogen-bond donors (Lipinski definition) is 2. The molecule has 0 aliphatic heterocycles. The molecule has 2 amide bonds. The highest BCUT2D eigenvalue weighted by molar-refractivity contribution is 5.97. The molecule has 0 spiro atoms. The zero-order valence-corrected chi connectivity index (χ0v) is 29.3. The summed E-state index contributed by atoms with van der Waals surface area (Å²) in [5.41, 5.74) is 3.73. The third kappa shape index (κ3) is 9.10. The molecular formula is C41H35F3N4O6. The Morgan fingerprint density at radius 3 is 2.30 bits per heavy atom. The third-order valence-electron chi connectivity index (χ3n) is 8.88. The molecule has 0 radical (unpaired) electrons. The van der Waals surface area contributed by atoms with E-state index in [1.54, 1.807) is 24.3 Å². The van der Waals surface area contributed by atoms with Crippen LogP contribution >= 0.6 is 0 Å². The Hall–Kier alpha value is -6.50. The van der Waals surface area contributed by atoms with Crippen LogP contribution in [0.1, 0.15) is 51.9 Å². The molecule has 0 fully saturated rings. The van der Waals surface area contributed by atoms with Gasteiger partial charge in [-0.3, -0.25) is 14.4 Å². The Bertz CT molecular complexity index is 2210. The second-order valence-electron chi connectivity index (χ2n) is 12.8. The van der Waals surface area contributed by atoms with Gasteiger partial charge in [-0.1, -0.05) is 71.4 Å². The molecule has 2 N–H and O–H groups in total. The van der Waals surface area contributed by atoms with Crippen molar-refractivity contribution in [2.24, 2.45) is 0 Å². The maximum Gasteiger partial charge on any atom is 0.416 e. The van der Waals surface area contributed by atoms with Crippen LogP contribution in [0.25, 0.3) is 22.8 Å². The van der Waals surface area contributed by atoms with E-state index in [9.17, 15) is 32.7 Å². The molecule has 1 unspecified atom stereocenters. The second kappa shape index (κ2) is 16.0. The number of carbonyl (C=O) groups is 3. The zero-order chi connectivity index (χ0) is 38.4. The minimum absolute atomic E-state index is 0.0107. The van der Waals surface area contributed by atoms with Crippen molar-refractivity contribution in [1.29, 1.82) is 0 Å². The van der Waals surface area contributed by atoms with Crippen molar-refractivity contribution in [3.63, 3.8) is 0 Å². The Morgan fingerprint density at radius 2 is 1.67 bits per heavy atom. The summed E-state index contributed by atoms with van der Waals surface area (Å²) in [6.07, 6.45) is 2.26. The standard InChI is InChI=1S/C41H35F3N4O6/c1-25-3-7-27(8-4-25)28-11-13-29(14-12-28)38-46-39(54-47-38)30-9-5-26(6-10-30)23-48(24-37(50)51)40(52)31-15-18-33(19-16-31)45-36(49)21-32-17-20-34(53-2)22-35(32)41(42,43)44/h3-7,9-20,22,27H,8,21,23-24H2,1-2H3,(H,45,49)(H,50,51). The summed E-state index contributed by atoms with van der Waals surface area (Å²) < 4.78 is 51.1. The molecule has 6 rings (SSSR count). The molecule has 0 saturated heterocycles. The summed E-state index contributed by atoms with van der Waals surface area (Å²) in [5.74, 6) is -1.42. The van der Waals surface area contributed by atoms with E-state index >= 15 is 0 Å². The van der Waals surface area contributed by atoms with Crippen LogP contribution in [0.3, 0.4) is 0 Å². The summed E-state index contributed by atoms with van der Waals surface area (Å²) in [7, 11) is 1.25. The summed E-state index contributed by atoms with van der Waals surface area (Å²) in [4.78, 5) is 43.5. The maximum absolute atomic E-state index is 13.6. The average molecular weight is 737 g/mol. The maximum atomic E-state index is 13.6. The lowest BCUT2D eigenvalue weighted by atomic mass is 9.90. The van der Waals surface area contributed by atoms with E-state index in [0.717, 1.165) is 23.0 Å². The predicted octanol–water partition coefficient (Wildman–Crippen LogP) is 8.33. The van der Waals surface area contributed by atoms with Crippen molar-refractivity contribution in [3.05, 3.63) is 143 Å². The number of methoxy groups -OCH3 is 1. The fraction of sp³-hybridized carbons (Fsp3) is 0.195. The molecule has 0 bridgehead atoms. The van der Waals surface area contributed by atoms with Crippen LogP contribution < -0.4 is 10.1 Å². The van der Waals surface area contributed by atoms with E-state index in [1.165, 1.54) is 54.6 Å². The minimum Gasteiger partial charge on any atom is -0.497 e. The highest BCUT2D eigenvalue weighted by Gasteiger charge is 2.34. The van der Waals surface area contributed by atoms with Gasteiger partial charge in [0.05, 0.1) is 19.1 Å². The second-order valence-corrected chi connectivity index (χ2v) is 12.8. The fourth-order valence-corrected chi connectivity index (χ4v) is 6.01. The predicted molar refractivity (Wildman–Crippen MR) is 195 cm³/mol. The van der Waals surface area contributed by atoms with Gasteiger partial charge in [0.2, 0.25) is 11.7 Å². The molecule has 1 aromatic heterocycles. The zero-order valence-electron chi connectivity index (χ0n) is 29.3. The number of carboxylic acids is 1. The van der Waals surface area contributed by atoms with Crippen LogP contribution in [0.2, 0.25) is 0 Å². The Labute approximate surface area is 308 Å². The number of hydrogen-bond acceptors (Lipinski definition) is 7. The number of halogens is 3. The molecule has 54 heavy (non-hydrogen) atoms. The van der Waals surface area contributed by atoms with E-state index in [2.05, 4.69) is 52.7 Å². The molecule has 1 aliphatic carbocycles. The first-order chi connectivity index (χ1) is 25.9. The number of carboxylic acid groups (broad SMARTS) is 1. The molecule has 10 nitrogen and oxygen atoms in total. The number of amides is 2. The van der Waals surface area contributed by atoms with Gasteiger partial charge in [0.1, 0.15) is 12.3 Å². The number of nitrogens with zero attached hydrogens (tertiary/aromatic N) is 3. The molecule has 1 heterocycles. The fourth-order valence-electron chi connectivity index (χ4n) is 6.01. The lowest BCUT2D eigenvalue weighted by Crippen LogP contribution is -2.35. The third-order valence-corrected chi connectivity index (χ3v) is 8.88. The average Bonchev–Trinajstić information content (AvgIpc) is 3.65. The lowest BCUT2D eigenvalue weighted by molar-refractivity contribution is -0.139. The normalized spacial score (nSPS) is 13.9. The Balaban J connectivity index is 1.08. The monoisotopic (exact) mass is 736 g/mol. The van der Waals surface area contributed by atoms with Crippen molar-refractivity contribution < 1.29 is 41.9 Å². The summed E-state index contributed by atoms with van der Waals surface area (Å²) in [5, 5.41) is 16.2. The summed E-state index contributed by atoms with van der Waals surface area (Å²) >= 11 is 0. The molecule has 1 aliphatic rings. The van der Waals surface area contributed by atoms with Crippen molar-refractivity contribution in [1.82, 2.24) is 15.0 Å². The van der Waals surface area contributed by atoms with Crippen molar-refractivity contribution in [2.75, 3.05) is 19.0 Å². The number of carbonyl (C=O) groups excluding carboxylic acids is 2. The van der Waals surface area contributed by atoms with E-state index < -0.39 is 42.5 Å². The molecular weight excluding hydrogens is 701 g/mol. The van der Waals surface area contributed by atoms with Crippen molar-refractivity contribution in [3.8, 4) is 28.6 Å². The molecule has 0 saturated carbocycles. The molecule has 276 valence electrons. The van der Waals surface area contributed by atoms with Crippen LogP contribution in [0, 0.1) is 0 Å². The number of benzene rings is 4. The SMILES string of the molecule is COc1ccc(CC(=O)Nc2ccc(C(=O)N(CC(=O)O)Cc3ccc(-c4nc(-c5ccc(C6C=CC(C)=CC6)cc5)no4)cc3)cc2)c(C(F)(F)F)c1. The molecule has 5 aromatic rings. The number of aromatic nitrogens is 2. The Kier molecular flexibility index (Phi) is 11.1. The van der Waals surface area contributed by atoms with Crippen LogP contribution in [0.4, 0.5) is 18.9 Å². The molecule has 4 aromatic carbocycles. The molecule has 1 atom stereocenters. The van der Waals surface area contributed by atoms with Gasteiger partial charge in [0.15, 0.2) is 0 Å². The number of rotatable bonds is 12. The van der Waals surface area contributed by atoms with Crippen LogP contribution in [0.5, 0.6) is 5.75 Å². The number of nitrogens with one attached hydrogen (secondary N) is 1. The number of anilines is 1. The first-order valence-electron chi connectivity index (χ1n) is 16.9. The van der Waals surface area contributed by atoms with E-state index in [4.69, 9.17) is 9.26 Å². The highest BCUT2D eigenvalue weighted by atomic mass is 19.4. The molecule has 13 heteroatoms. The largest absolute Gasteiger partial charge is 0.497 e. The van der Waals surface area contributed by atoms with Crippen molar-refractivity contribution >= 4 is 23.5 Å². The summed E-state index contributed by atoms with van der Waals surface area (Å²) in [6.45, 7) is 1.47. The smallest absolute Gasteiger partial charge is 0.416 e. The van der Waals surface area contributed by atoms with Gasteiger partial charge < -0.3 is 24.6 Å². The van der Waals surface area contributed by atoms with E-state index in [0.29, 0.717) is 28.8 Å². The highest BCUT2D eigenvalue weighted by Crippen LogP contribution is 2.35. The van der Waals surface area contributed by atoms with E-state index in [-0.39, 0.29) is 29.1 Å². The number of alkyl halides is 3. The minimum atomic E-state index is -4.69.